The fourth-order valence-corrected chi connectivity index (χ4v) is 2.55. The zero-order chi connectivity index (χ0) is 15.0. The Balaban J connectivity index is 2.25. The molecular formula is C17H29ClN2. The van der Waals surface area contributed by atoms with Gasteiger partial charge >= 0.3 is 0 Å². The summed E-state index contributed by atoms with van der Waals surface area (Å²) < 4.78 is 0. The quantitative estimate of drug-likeness (QED) is 0.681. The van der Waals surface area contributed by atoms with Crippen molar-refractivity contribution >= 4 is 11.6 Å². The van der Waals surface area contributed by atoms with Crippen LogP contribution in [0.3, 0.4) is 0 Å². The van der Waals surface area contributed by atoms with Gasteiger partial charge in [-0.1, -0.05) is 43.6 Å². The summed E-state index contributed by atoms with van der Waals surface area (Å²) >= 11 is 6.25. The third-order valence-corrected chi connectivity index (χ3v) is 4.14. The predicted octanol–water partition coefficient (Wildman–Crippen LogP) is 4.36. The van der Waals surface area contributed by atoms with Crippen molar-refractivity contribution in [3.05, 3.63) is 34.9 Å². The monoisotopic (exact) mass is 296 g/mol. The van der Waals surface area contributed by atoms with Crippen LogP contribution in [0.4, 0.5) is 0 Å². The van der Waals surface area contributed by atoms with Gasteiger partial charge in [-0.15, -0.1) is 0 Å². The van der Waals surface area contributed by atoms with E-state index in [2.05, 4.69) is 50.2 Å². The van der Waals surface area contributed by atoms with E-state index in [0.29, 0.717) is 6.04 Å². The van der Waals surface area contributed by atoms with Gasteiger partial charge in [0.15, 0.2) is 0 Å². The van der Waals surface area contributed by atoms with E-state index in [4.69, 9.17) is 11.6 Å². The van der Waals surface area contributed by atoms with E-state index in [1.54, 1.807) is 0 Å². The number of nitrogens with one attached hydrogen (secondary N) is 1. The van der Waals surface area contributed by atoms with Gasteiger partial charge in [-0.2, -0.15) is 0 Å². The maximum absolute atomic E-state index is 6.25. The van der Waals surface area contributed by atoms with Crippen LogP contribution in [0.1, 0.15) is 45.2 Å². The highest BCUT2D eigenvalue weighted by Crippen LogP contribution is 2.25. The molecule has 3 heteroatoms. The maximum Gasteiger partial charge on any atom is 0.0453 e. The standard InChI is InChI=1S/C17H29ClN2/c1-14(2)8-7-11-19-12-13-20(4)15(3)16-9-5-6-10-17(16)18/h5-6,9-10,14-15,19H,7-8,11-13H2,1-4H3. The Bertz CT molecular complexity index is 379. The molecule has 114 valence electrons. The minimum atomic E-state index is 0.348. The zero-order valence-electron chi connectivity index (χ0n) is 13.3. The lowest BCUT2D eigenvalue weighted by Crippen LogP contribution is -2.31. The molecule has 0 fully saturated rings. The van der Waals surface area contributed by atoms with Crippen LogP contribution in [0.15, 0.2) is 24.3 Å². The number of hydrogen-bond acceptors (Lipinski definition) is 2. The molecule has 0 amide bonds. The lowest BCUT2D eigenvalue weighted by molar-refractivity contribution is 0.261. The second-order valence-electron chi connectivity index (χ2n) is 5.96. The van der Waals surface area contributed by atoms with Crippen molar-refractivity contribution in [1.29, 1.82) is 0 Å². The average Bonchev–Trinajstić information content (AvgIpc) is 2.42. The molecule has 0 radical (unpaired) electrons. The second-order valence-corrected chi connectivity index (χ2v) is 6.37. The van der Waals surface area contributed by atoms with Crippen LogP contribution >= 0.6 is 11.6 Å². The summed E-state index contributed by atoms with van der Waals surface area (Å²) in [5.74, 6) is 0.805. The van der Waals surface area contributed by atoms with Gasteiger partial charge in [0, 0.05) is 24.2 Å². The average molecular weight is 297 g/mol. The summed E-state index contributed by atoms with van der Waals surface area (Å²) in [6.45, 7) is 9.95. The number of hydrogen-bond donors (Lipinski definition) is 1. The SMILES string of the molecule is CC(C)CCCNCCN(C)C(C)c1ccccc1Cl. The van der Waals surface area contributed by atoms with Crippen molar-refractivity contribution in [2.75, 3.05) is 26.7 Å². The van der Waals surface area contributed by atoms with Crippen molar-refractivity contribution in [3.63, 3.8) is 0 Å². The maximum atomic E-state index is 6.25. The summed E-state index contributed by atoms with van der Waals surface area (Å²) in [7, 11) is 2.16. The highest BCUT2D eigenvalue weighted by molar-refractivity contribution is 6.31. The van der Waals surface area contributed by atoms with E-state index in [-0.39, 0.29) is 0 Å². The van der Waals surface area contributed by atoms with Crippen LogP contribution in [-0.2, 0) is 0 Å². The molecule has 0 bridgehead atoms. The third-order valence-electron chi connectivity index (χ3n) is 3.79. The van der Waals surface area contributed by atoms with Gasteiger partial charge in [-0.3, -0.25) is 4.90 Å². The van der Waals surface area contributed by atoms with Gasteiger partial charge in [0.1, 0.15) is 0 Å². The number of nitrogens with zero attached hydrogens (tertiary/aromatic N) is 1. The molecule has 0 saturated carbocycles. The van der Waals surface area contributed by atoms with Gasteiger partial charge in [0.25, 0.3) is 0 Å². The first-order valence-electron chi connectivity index (χ1n) is 7.67. The molecule has 0 aliphatic heterocycles. The largest absolute Gasteiger partial charge is 0.315 e. The van der Waals surface area contributed by atoms with Crippen molar-refractivity contribution < 1.29 is 0 Å². The van der Waals surface area contributed by atoms with Crippen LogP contribution < -0.4 is 5.32 Å². The first-order valence-corrected chi connectivity index (χ1v) is 8.05. The normalized spacial score (nSPS) is 13.2. The Kier molecular flexibility index (Phi) is 8.20. The number of rotatable bonds is 9. The van der Waals surface area contributed by atoms with Gasteiger partial charge in [0.05, 0.1) is 0 Å². The molecule has 0 aromatic heterocycles. The topological polar surface area (TPSA) is 15.3 Å². The summed E-state index contributed by atoms with van der Waals surface area (Å²) in [5.41, 5.74) is 1.21. The molecule has 1 aromatic rings. The zero-order valence-corrected chi connectivity index (χ0v) is 14.1. The van der Waals surface area contributed by atoms with E-state index in [1.165, 1.54) is 18.4 Å². The van der Waals surface area contributed by atoms with E-state index in [9.17, 15) is 0 Å². The summed E-state index contributed by atoms with van der Waals surface area (Å²) in [6, 6.07) is 8.45. The smallest absolute Gasteiger partial charge is 0.0453 e. The molecular weight excluding hydrogens is 268 g/mol. The minimum Gasteiger partial charge on any atom is -0.315 e. The molecule has 0 heterocycles. The molecule has 1 rings (SSSR count). The number of halogens is 1. The predicted molar refractivity (Wildman–Crippen MR) is 89.4 cm³/mol. The highest BCUT2D eigenvalue weighted by Gasteiger charge is 2.13. The lowest BCUT2D eigenvalue weighted by atomic mass is 10.1. The second kappa shape index (κ2) is 9.38. The molecule has 1 atom stereocenters. The Hall–Kier alpha value is -0.570. The van der Waals surface area contributed by atoms with E-state index >= 15 is 0 Å². The summed E-state index contributed by atoms with van der Waals surface area (Å²) in [6.07, 6.45) is 2.57. The summed E-state index contributed by atoms with van der Waals surface area (Å²) in [5, 5.41) is 4.38. The third kappa shape index (κ3) is 6.25. The number of benzene rings is 1. The van der Waals surface area contributed by atoms with Crippen LogP contribution in [0.5, 0.6) is 0 Å². The van der Waals surface area contributed by atoms with Gasteiger partial charge < -0.3 is 5.32 Å². The van der Waals surface area contributed by atoms with Crippen molar-refractivity contribution in [2.24, 2.45) is 5.92 Å². The Morgan fingerprint density at radius 2 is 1.85 bits per heavy atom. The molecule has 0 spiro atoms. The molecule has 1 N–H and O–H groups in total. The Labute approximate surface area is 129 Å². The van der Waals surface area contributed by atoms with E-state index < -0.39 is 0 Å². The molecule has 20 heavy (non-hydrogen) atoms. The molecule has 1 unspecified atom stereocenters. The lowest BCUT2D eigenvalue weighted by Gasteiger charge is -2.26. The summed E-state index contributed by atoms with van der Waals surface area (Å²) in [4.78, 5) is 2.34. The first kappa shape index (κ1) is 17.5. The Morgan fingerprint density at radius 1 is 1.15 bits per heavy atom. The highest BCUT2D eigenvalue weighted by atomic mass is 35.5. The van der Waals surface area contributed by atoms with E-state index in [1.807, 2.05) is 12.1 Å². The Morgan fingerprint density at radius 3 is 2.50 bits per heavy atom. The minimum absolute atomic E-state index is 0.348. The molecule has 0 saturated heterocycles. The molecule has 2 nitrogen and oxygen atoms in total. The molecule has 0 aliphatic carbocycles. The van der Waals surface area contributed by atoms with E-state index in [0.717, 1.165) is 30.6 Å². The molecule has 1 aromatic carbocycles. The van der Waals surface area contributed by atoms with Crippen molar-refractivity contribution in [2.45, 2.75) is 39.7 Å². The van der Waals surface area contributed by atoms with Gasteiger partial charge in [-0.05, 0) is 50.9 Å². The van der Waals surface area contributed by atoms with Crippen molar-refractivity contribution in [3.8, 4) is 0 Å². The molecule has 0 aliphatic rings. The first-order chi connectivity index (χ1) is 9.52. The van der Waals surface area contributed by atoms with Crippen LogP contribution in [0, 0.1) is 5.92 Å². The fourth-order valence-electron chi connectivity index (χ4n) is 2.26. The van der Waals surface area contributed by atoms with Crippen LogP contribution in [0.25, 0.3) is 0 Å². The van der Waals surface area contributed by atoms with Crippen LogP contribution in [-0.4, -0.2) is 31.6 Å². The van der Waals surface area contributed by atoms with Crippen LogP contribution in [0.2, 0.25) is 5.02 Å². The van der Waals surface area contributed by atoms with Crippen molar-refractivity contribution in [1.82, 2.24) is 10.2 Å². The van der Waals surface area contributed by atoms with Gasteiger partial charge in [0.2, 0.25) is 0 Å². The van der Waals surface area contributed by atoms with Gasteiger partial charge in [-0.25, -0.2) is 0 Å². The fraction of sp³-hybridized carbons (Fsp3) is 0.647. The number of likely N-dealkylation sites (N-methyl/N-ethyl adjacent to an activating group) is 1.